The van der Waals surface area contributed by atoms with E-state index in [1.54, 1.807) is 50.2 Å². The lowest BCUT2D eigenvalue weighted by Crippen LogP contribution is -2.36. The van der Waals surface area contributed by atoms with E-state index in [0.717, 1.165) is 21.5 Å². The van der Waals surface area contributed by atoms with E-state index in [0.29, 0.717) is 72.0 Å². The van der Waals surface area contributed by atoms with Crippen LogP contribution in [0.5, 0.6) is 5.75 Å². The minimum absolute atomic E-state index is 0.0187. The van der Waals surface area contributed by atoms with Crippen molar-refractivity contribution in [2.24, 2.45) is 0 Å². The van der Waals surface area contributed by atoms with Crippen molar-refractivity contribution in [1.82, 2.24) is 4.90 Å². The van der Waals surface area contributed by atoms with Crippen molar-refractivity contribution < 1.29 is 30.0 Å². The number of benzene rings is 4. The monoisotopic (exact) mass is 720 g/mol. The van der Waals surface area contributed by atoms with Gasteiger partial charge in [-0.2, -0.15) is 0 Å². The van der Waals surface area contributed by atoms with E-state index < -0.39 is 12.2 Å². The topological polar surface area (TPSA) is 131 Å². The molecular weight excluding hydrogens is 676 g/mol. The second-order valence-corrected chi connectivity index (χ2v) is 13.5. The molecule has 4 aromatic carbocycles. The Morgan fingerprint density at radius 2 is 1.40 bits per heavy atom. The van der Waals surface area contributed by atoms with E-state index in [-0.39, 0.29) is 24.4 Å². The molecule has 5 aromatic rings. The van der Waals surface area contributed by atoms with Gasteiger partial charge in [0, 0.05) is 59.6 Å². The van der Waals surface area contributed by atoms with E-state index >= 15 is 0 Å². The lowest BCUT2D eigenvalue weighted by molar-refractivity contribution is 0.103. The average molecular weight is 721 g/mol. The Morgan fingerprint density at radius 1 is 0.800 bits per heavy atom. The van der Waals surface area contributed by atoms with Crippen LogP contribution in [0.3, 0.4) is 0 Å². The Morgan fingerprint density at radius 3 is 2.02 bits per heavy atom. The van der Waals surface area contributed by atoms with Gasteiger partial charge < -0.3 is 30.1 Å². The molecule has 0 bridgehead atoms. The highest BCUT2D eigenvalue weighted by Gasteiger charge is 2.15. The molecule has 1 aromatic heterocycles. The molecule has 0 fully saturated rings. The SMILES string of the molecule is CC(O)CN(CC(C)O)c1ccc(C(=O)c2ccccc2)cc1.O=c1c2ccccc2sc2c(OCCCN(CCO)CCO)ccc(Cl)c12. The maximum atomic E-state index is 12.8. The lowest BCUT2D eigenvalue weighted by atomic mass is 10.0. The summed E-state index contributed by atoms with van der Waals surface area (Å²) >= 11 is 7.81. The smallest absolute Gasteiger partial charge is 0.197 e. The van der Waals surface area contributed by atoms with Crippen molar-refractivity contribution in [2.45, 2.75) is 32.5 Å². The summed E-state index contributed by atoms with van der Waals surface area (Å²) in [6, 6.07) is 27.4. The number of nitrogens with zero attached hydrogens (tertiary/aromatic N) is 2. The standard InChI is InChI=1S/C20H22ClNO4S.C19H23NO3/c21-15-6-7-16(26-13-3-8-22(9-11-23)10-12-24)20-18(15)19(25)14-4-1-2-5-17(14)27-20;1-14(21)12-20(13-15(2)22)18-10-8-17(9-11-18)19(23)16-6-4-3-5-7-16/h1-2,4-7,23-24H,3,8-13H2;3-11,14-15,21-22H,12-13H2,1-2H3. The van der Waals surface area contributed by atoms with Gasteiger partial charge in [-0.15, -0.1) is 11.3 Å². The van der Waals surface area contributed by atoms with Crippen LogP contribution in [0.25, 0.3) is 20.2 Å². The predicted molar refractivity (Wildman–Crippen MR) is 203 cm³/mol. The molecule has 0 saturated heterocycles. The minimum atomic E-state index is -0.501. The fraction of sp³-hybridized carbons (Fsp3) is 0.333. The number of fused-ring (bicyclic) bond motifs is 2. The van der Waals surface area contributed by atoms with Gasteiger partial charge in [0.1, 0.15) is 5.75 Å². The van der Waals surface area contributed by atoms with Gasteiger partial charge in [-0.25, -0.2) is 0 Å². The highest BCUT2D eigenvalue weighted by atomic mass is 35.5. The molecule has 11 heteroatoms. The summed E-state index contributed by atoms with van der Waals surface area (Å²) in [5.41, 5.74) is 2.07. The number of aliphatic hydroxyl groups excluding tert-OH is 4. The van der Waals surface area contributed by atoms with Gasteiger partial charge in [-0.1, -0.05) is 54.1 Å². The zero-order valence-electron chi connectivity index (χ0n) is 28.4. The maximum Gasteiger partial charge on any atom is 0.197 e. The van der Waals surface area contributed by atoms with Crippen LogP contribution in [0.1, 0.15) is 36.2 Å². The number of carbonyl (C=O) groups excluding carboxylic acids is 1. The normalized spacial score (nSPS) is 12.4. The Labute approximate surface area is 301 Å². The number of anilines is 1. The zero-order chi connectivity index (χ0) is 36.0. The molecule has 0 spiro atoms. The van der Waals surface area contributed by atoms with E-state index in [1.165, 1.54) is 11.3 Å². The number of ether oxygens (including phenoxy) is 1. The second kappa shape index (κ2) is 19.5. The molecule has 2 atom stereocenters. The molecule has 50 heavy (non-hydrogen) atoms. The number of rotatable bonds is 16. The molecule has 2 unspecified atom stereocenters. The van der Waals surface area contributed by atoms with Gasteiger partial charge in [-0.05, 0) is 68.8 Å². The summed E-state index contributed by atoms with van der Waals surface area (Å²) in [6.45, 7) is 6.63. The molecule has 4 N–H and O–H groups in total. The fourth-order valence-electron chi connectivity index (χ4n) is 5.55. The van der Waals surface area contributed by atoms with E-state index in [2.05, 4.69) is 0 Å². The van der Waals surface area contributed by atoms with Crippen molar-refractivity contribution in [3.05, 3.63) is 117 Å². The first-order valence-electron chi connectivity index (χ1n) is 16.6. The van der Waals surface area contributed by atoms with Gasteiger partial charge in [0.15, 0.2) is 11.2 Å². The number of hydrogen-bond donors (Lipinski definition) is 4. The predicted octanol–water partition coefficient (Wildman–Crippen LogP) is 5.61. The molecule has 5 rings (SSSR count). The van der Waals surface area contributed by atoms with Crippen LogP contribution in [-0.4, -0.2) is 95.9 Å². The van der Waals surface area contributed by atoms with Crippen LogP contribution in [0, 0.1) is 0 Å². The maximum absolute atomic E-state index is 12.8. The molecule has 266 valence electrons. The van der Waals surface area contributed by atoms with Crippen molar-refractivity contribution in [2.75, 3.05) is 57.4 Å². The molecule has 0 aliphatic carbocycles. The Bertz CT molecular complexity index is 1850. The van der Waals surface area contributed by atoms with Gasteiger partial charge in [0.25, 0.3) is 0 Å². The highest BCUT2D eigenvalue weighted by molar-refractivity contribution is 7.25. The number of ketones is 1. The summed E-state index contributed by atoms with van der Waals surface area (Å²) in [6.07, 6.45) is -0.258. The number of carbonyl (C=O) groups is 1. The Kier molecular flexibility index (Phi) is 15.2. The van der Waals surface area contributed by atoms with Crippen molar-refractivity contribution in [3.8, 4) is 5.75 Å². The van der Waals surface area contributed by atoms with Crippen LogP contribution in [0.2, 0.25) is 5.02 Å². The molecule has 9 nitrogen and oxygen atoms in total. The molecule has 0 aliphatic rings. The third-order valence-electron chi connectivity index (χ3n) is 7.85. The first-order valence-corrected chi connectivity index (χ1v) is 17.8. The summed E-state index contributed by atoms with van der Waals surface area (Å²) in [4.78, 5) is 29.1. The first kappa shape index (κ1) is 38.9. The quantitative estimate of drug-likeness (QED) is 0.0584. The summed E-state index contributed by atoms with van der Waals surface area (Å²) in [5.74, 6) is 0.632. The van der Waals surface area contributed by atoms with Crippen LogP contribution < -0.4 is 15.1 Å². The summed E-state index contributed by atoms with van der Waals surface area (Å²) in [5, 5.41) is 38.9. The summed E-state index contributed by atoms with van der Waals surface area (Å²) < 4.78 is 7.61. The average Bonchev–Trinajstić information content (AvgIpc) is 3.11. The second-order valence-electron chi connectivity index (χ2n) is 12.0. The number of aliphatic hydroxyl groups is 4. The fourth-order valence-corrected chi connectivity index (χ4v) is 7.01. The van der Waals surface area contributed by atoms with Crippen LogP contribution >= 0.6 is 22.9 Å². The molecule has 1 heterocycles. The molecule has 0 radical (unpaired) electrons. The summed E-state index contributed by atoms with van der Waals surface area (Å²) in [7, 11) is 0. The first-order chi connectivity index (χ1) is 24.1. The number of hydrogen-bond acceptors (Lipinski definition) is 10. The molecule has 0 saturated carbocycles. The largest absolute Gasteiger partial charge is 0.492 e. The van der Waals surface area contributed by atoms with Crippen molar-refractivity contribution in [3.63, 3.8) is 0 Å². The van der Waals surface area contributed by atoms with Crippen molar-refractivity contribution in [1.29, 1.82) is 0 Å². The molecule has 0 aliphatic heterocycles. The minimum Gasteiger partial charge on any atom is -0.492 e. The van der Waals surface area contributed by atoms with E-state index in [4.69, 9.17) is 26.6 Å². The third kappa shape index (κ3) is 10.8. The molecular formula is C39H45ClN2O7S. The van der Waals surface area contributed by atoms with E-state index in [9.17, 15) is 19.8 Å². The third-order valence-corrected chi connectivity index (χ3v) is 9.35. The Hall–Kier alpha value is -3.87. The van der Waals surface area contributed by atoms with Gasteiger partial charge in [0.05, 0.1) is 47.1 Å². The zero-order valence-corrected chi connectivity index (χ0v) is 29.9. The molecule has 0 amide bonds. The lowest BCUT2D eigenvalue weighted by Gasteiger charge is -2.27. The van der Waals surface area contributed by atoms with Crippen molar-refractivity contribution >= 4 is 54.6 Å². The van der Waals surface area contributed by atoms with Gasteiger partial charge in [-0.3, -0.25) is 14.5 Å². The van der Waals surface area contributed by atoms with Gasteiger partial charge >= 0.3 is 0 Å². The van der Waals surface area contributed by atoms with Crippen LogP contribution in [-0.2, 0) is 0 Å². The van der Waals surface area contributed by atoms with Gasteiger partial charge in [0.2, 0.25) is 0 Å². The van der Waals surface area contributed by atoms with Crippen LogP contribution in [0.4, 0.5) is 5.69 Å². The van der Waals surface area contributed by atoms with E-state index in [1.807, 2.05) is 64.4 Å². The Balaban J connectivity index is 0.000000228. The number of halogens is 1. The van der Waals surface area contributed by atoms with Crippen LogP contribution in [0.15, 0.2) is 95.8 Å². The highest BCUT2D eigenvalue weighted by Crippen LogP contribution is 2.35.